The Morgan fingerprint density at radius 2 is 1.71 bits per heavy atom. The number of amides is 2. The molecule has 0 aliphatic carbocycles. The standard InChI is InChI=1S/C22H28N4O2/c1-14-10-15(2)21(16(3)11-14)23-20(27)13-26(4)22(28)19-12-18(24-25-19)17-8-6-5-7-9-17/h5-11,18-19,24-25H,12-13H2,1-4H3,(H,23,27). The smallest absolute Gasteiger partial charge is 0.243 e. The number of hydrogen-bond acceptors (Lipinski definition) is 4. The third-order valence-electron chi connectivity index (χ3n) is 5.10. The molecule has 148 valence electrons. The van der Waals surface area contributed by atoms with Crippen molar-refractivity contribution in [3.8, 4) is 0 Å². The van der Waals surface area contributed by atoms with E-state index in [1.807, 2.05) is 63.2 Å². The summed E-state index contributed by atoms with van der Waals surface area (Å²) in [5.74, 6) is -0.296. The lowest BCUT2D eigenvalue weighted by atomic mass is 10.0. The predicted molar refractivity (Wildman–Crippen MR) is 111 cm³/mol. The van der Waals surface area contributed by atoms with E-state index in [4.69, 9.17) is 0 Å². The molecule has 2 atom stereocenters. The molecule has 0 bridgehead atoms. The van der Waals surface area contributed by atoms with E-state index in [9.17, 15) is 9.59 Å². The number of hydrogen-bond donors (Lipinski definition) is 3. The molecule has 1 aliphatic heterocycles. The molecule has 2 unspecified atom stereocenters. The van der Waals surface area contributed by atoms with Crippen molar-refractivity contribution in [2.24, 2.45) is 0 Å². The number of nitrogens with one attached hydrogen (secondary N) is 3. The first kappa shape index (κ1) is 20.0. The molecular weight excluding hydrogens is 352 g/mol. The first-order valence-corrected chi connectivity index (χ1v) is 9.54. The van der Waals surface area contributed by atoms with Gasteiger partial charge in [0.15, 0.2) is 0 Å². The lowest BCUT2D eigenvalue weighted by Crippen LogP contribution is -2.46. The minimum atomic E-state index is -0.356. The topological polar surface area (TPSA) is 73.5 Å². The summed E-state index contributed by atoms with van der Waals surface area (Å²) in [6, 6.07) is 13.8. The van der Waals surface area contributed by atoms with E-state index in [-0.39, 0.29) is 30.4 Å². The molecule has 2 amide bonds. The molecule has 2 aromatic carbocycles. The van der Waals surface area contributed by atoms with Gasteiger partial charge in [-0.3, -0.25) is 9.59 Å². The Kier molecular flexibility index (Phi) is 6.11. The molecule has 3 N–H and O–H groups in total. The Morgan fingerprint density at radius 3 is 2.36 bits per heavy atom. The highest BCUT2D eigenvalue weighted by Crippen LogP contribution is 2.23. The van der Waals surface area contributed by atoms with Crippen LogP contribution in [0.3, 0.4) is 0 Å². The summed E-state index contributed by atoms with van der Waals surface area (Å²) in [5, 5.41) is 2.95. The van der Waals surface area contributed by atoms with Crippen molar-refractivity contribution in [1.29, 1.82) is 0 Å². The molecule has 1 fully saturated rings. The van der Waals surface area contributed by atoms with Crippen molar-refractivity contribution >= 4 is 17.5 Å². The van der Waals surface area contributed by atoms with Gasteiger partial charge in [0.1, 0.15) is 6.04 Å². The van der Waals surface area contributed by atoms with E-state index < -0.39 is 0 Å². The van der Waals surface area contributed by atoms with Crippen LogP contribution in [0.15, 0.2) is 42.5 Å². The zero-order valence-corrected chi connectivity index (χ0v) is 16.9. The first-order valence-electron chi connectivity index (χ1n) is 9.54. The Morgan fingerprint density at radius 1 is 1.07 bits per heavy atom. The zero-order chi connectivity index (χ0) is 20.3. The molecule has 0 saturated carbocycles. The summed E-state index contributed by atoms with van der Waals surface area (Å²) in [7, 11) is 1.66. The summed E-state index contributed by atoms with van der Waals surface area (Å²) in [6.07, 6.45) is 0.644. The number of rotatable bonds is 5. The number of likely N-dealkylation sites (N-methyl/N-ethyl adjacent to an activating group) is 1. The number of nitrogens with zero attached hydrogens (tertiary/aromatic N) is 1. The van der Waals surface area contributed by atoms with Crippen molar-refractivity contribution in [2.75, 3.05) is 18.9 Å². The van der Waals surface area contributed by atoms with E-state index in [1.165, 1.54) is 4.90 Å². The molecule has 3 rings (SSSR count). The molecule has 6 nitrogen and oxygen atoms in total. The SMILES string of the molecule is Cc1cc(C)c(NC(=O)CN(C)C(=O)C2CC(c3ccccc3)NN2)c(C)c1. The van der Waals surface area contributed by atoms with Crippen molar-refractivity contribution in [2.45, 2.75) is 39.3 Å². The third kappa shape index (κ3) is 4.58. The van der Waals surface area contributed by atoms with E-state index in [0.717, 1.165) is 27.9 Å². The highest BCUT2D eigenvalue weighted by molar-refractivity contribution is 5.96. The van der Waals surface area contributed by atoms with Crippen molar-refractivity contribution < 1.29 is 9.59 Å². The minimum Gasteiger partial charge on any atom is -0.335 e. The maximum absolute atomic E-state index is 12.7. The minimum absolute atomic E-state index is 0.0137. The second kappa shape index (κ2) is 8.54. The van der Waals surface area contributed by atoms with Crippen LogP contribution in [-0.2, 0) is 9.59 Å². The van der Waals surface area contributed by atoms with Gasteiger partial charge >= 0.3 is 0 Å². The molecule has 1 aliphatic rings. The van der Waals surface area contributed by atoms with Gasteiger partial charge in [0.25, 0.3) is 0 Å². The van der Waals surface area contributed by atoms with Gasteiger partial charge in [-0.2, -0.15) is 0 Å². The van der Waals surface area contributed by atoms with Gasteiger partial charge in [-0.15, -0.1) is 0 Å². The van der Waals surface area contributed by atoms with Crippen LogP contribution in [0.25, 0.3) is 0 Å². The first-order chi connectivity index (χ1) is 13.3. The number of hydrazine groups is 1. The Labute approximate surface area is 166 Å². The highest BCUT2D eigenvalue weighted by atomic mass is 16.2. The molecule has 0 radical (unpaired) electrons. The number of aryl methyl sites for hydroxylation is 3. The van der Waals surface area contributed by atoms with Crippen molar-refractivity contribution in [1.82, 2.24) is 15.8 Å². The lowest BCUT2D eigenvalue weighted by Gasteiger charge is -2.21. The molecule has 2 aromatic rings. The Hall–Kier alpha value is -2.70. The molecule has 6 heteroatoms. The van der Waals surface area contributed by atoms with E-state index >= 15 is 0 Å². The van der Waals surface area contributed by atoms with Crippen LogP contribution < -0.4 is 16.2 Å². The number of anilines is 1. The highest BCUT2D eigenvalue weighted by Gasteiger charge is 2.32. The van der Waals surface area contributed by atoms with Crippen LogP contribution >= 0.6 is 0 Å². The maximum Gasteiger partial charge on any atom is 0.243 e. The van der Waals surface area contributed by atoms with Crippen LogP contribution in [0.2, 0.25) is 0 Å². The normalized spacial score (nSPS) is 18.7. The van der Waals surface area contributed by atoms with Crippen LogP contribution in [-0.4, -0.2) is 36.3 Å². The van der Waals surface area contributed by atoms with Gasteiger partial charge in [-0.1, -0.05) is 48.0 Å². The summed E-state index contributed by atoms with van der Waals surface area (Å²) in [5.41, 5.74) is 11.4. The lowest BCUT2D eigenvalue weighted by molar-refractivity contribution is -0.134. The van der Waals surface area contributed by atoms with Crippen molar-refractivity contribution in [3.05, 3.63) is 64.7 Å². The molecule has 1 saturated heterocycles. The fourth-order valence-electron chi connectivity index (χ4n) is 3.74. The van der Waals surface area contributed by atoms with Gasteiger partial charge in [0.2, 0.25) is 11.8 Å². The zero-order valence-electron chi connectivity index (χ0n) is 16.9. The van der Waals surface area contributed by atoms with Crippen LogP contribution in [0.4, 0.5) is 5.69 Å². The van der Waals surface area contributed by atoms with Crippen molar-refractivity contribution in [3.63, 3.8) is 0 Å². The average Bonchev–Trinajstić information content (AvgIpc) is 3.15. The number of benzene rings is 2. The summed E-state index contributed by atoms with van der Waals surface area (Å²) in [6.45, 7) is 5.99. The van der Waals surface area contributed by atoms with Gasteiger partial charge < -0.3 is 10.2 Å². The molecule has 0 spiro atoms. The van der Waals surface area contributed by atoms with Crippen LogP contribution in [0.1, 0.15) is 34.7 Å². The quantitative estimate of drug-likeness (QED) is 0.746. The summed E-state index contributed by atoms with van der Waals surface area (Å²) in [4.78, 5) is 26.7. The fourth-order valence-corrected chi connectivity index (χ4v) is 3.74. The molecule has 1 heterocycles. The molecule has 0 aromatic heterocycles. The van der Waals surface area contributed by atoms with Gasteiger partial charge in [-0.05, 0) is 43.9 Å². The Balaban J connectivity index is 1.57. The summed E-state index contributed by atoms with van der Waals surface area (Å²) >= 11 is 0. The van der Waals surface area contributed by atoms with Gasteiger partial charge in [-0.25, -0.2) is 10.9 Å². The fraction of sp³-hybridized carbons (Fsp3) is 0.364. The van der Waals surface area contributed by atoms with Gasteiger partial charge in [0, 0.05) is 18.8 Å². The Bertz CT molecular complexity index is 843. The van der Waals surface area contributed by atoms with Crippen LogP contribution in [0.5, 0.6) is 0 Å². The monoisotopic (exact) mass is 380 g/mol. The maximum atomic E-state index is 12.7. The van der Waals surface area contributed by atoms with Gasteiger partial charge in [0.05, 0.1) is 6.54 Å². The second-order valence-electron chi connectivity index (χ2n) is 7.56. The summed E-state index contributed by atoms with van der Waals surface area (Å²) < 4.78 is 0. The largest absolute Gasteiger partial charge is 0.335 e. The van der Waals surface area contributed by atoms with E-state index in [1.54, 1.807) is 7.05 Å². The predicted octanol–water partition coefficient (Wildman–Crippen LogP) is 2.62. The van der Waals surface area contributed by atoms with Crippen LogP contribution in [0, 0.1) is 20.8 Å². The van der Waals surface area contributed by atoms with E-state index in [2.05, 4.69) is 16.2 Å². The molecule has 28 heavy (non-hydrogen) atoms. The third-order valence-corrected chi connectivity index (χ3v) is 5.10. The molecular formula is C22H28N4O2. The van der Waals surface area contributed by atoms with E-state index in [0.29, 0.717) is 6.42 Å². The number of carbonyl (C=O) groups is 2. The average molecular weight is 380 g/mol. The second-order valence-corrected chi connectivity index (χ2v) is 7.56. The number of carbonyl (C=O) groups excluding carboxylic acids is 2.